The van der Waals surface area contributed by atoms with Crippen molar-refractivity contribution in [3.63, 3.8) is 0 Å². The lowest BCUT2D eigenvalue weighted by Gasteiger charge is -2.14. The van der Waals surface area contributed by atoms with E-state index in [1.54, 1.807) is 48.8 Å². The Morgan fingerprint density at radius 1 is 1.22 bits per heavy atom. The zero-order chi connectivity index (χ0) is 19.2. The van der Waals surface area contributed by atoms with Gasteiger partial charge in [-0.3, -0.25) is 19.8 Å². The molecule has 2 heterocycles. The molecule has 0 saturated heterocycles. The molecular formula is C21H19FN4O. The van der Waals surface area contributed by atoms with Crippen molar-refractivity contribution < 1.29 is 9.18 Å². The summed E-state index contributed by atoms with van der Waals surface area (Å²) < 4.78 is 13.3. The predicted molar refractivity (Wildman–Crippen MR) is 105 cm³/mol. The molecule has 0 spiro atoms. The molecule has 1 aromatic carbocycles. The zero-order valence-electron chi connectivity index (χ0n) is 15.1. The van der Waals surface area contributed by atoms with Gasteiger partial charge in [0.25, 0.3) is 5.91 Å². The van der Waals surface area contributed by atoms with E-state index in [4.69, 9.17) is 0 Å². The Bertz CT molecular complexity index is 961. The molecule has 1 N–H and O–H groups in total. The largest absolute Gasteiger partial charge is 0.306 e. The first-order chi connectivity index (χ1) is 13.0. The Morgan fingerprint density at radius 2 is 2.07 bits per heavy atom. The molecule has 1 atom stereocenters. The maximum absolute atomic E-state index is 13.3. The van der Waals surface area contributed by atoms with Crippen molar-refractivity contribution in [2.45, 2.75) is 19.9 Å². The quantitative estimate of drug-likeness (QED) is 0.902. The highest BCUT2D eigenvalue weighted by molar-refractivity contribution is 6.15. The molecule has 1 aromatic heterocycles. The number of rotatable bonds is 3. The van der Waals surface area contributed by atoms with E-state index < -0.39 is 0 Å². The number of carbonyl (C=O) groups excluding carboxylic acids is 1. The molecule has 5 nitrogen and oxygen atoms in total. The van der Waals surface area contributed by atoms with Gasteiger partial charge in [0, 0.05) is 12.4 Å². The molecule has 0 unspecified atom stereocenters. The SMILES string of the molecule is C/C(=C\N=C1C=CC(NC(=O)c2ccccn2)=N[C@@H]1C)c1cccc(F)c1. The van der Waals surface area contributed by atoms with Crippen LogP contribution in [0.1, 0.15) is 29.9 Å². The second-order valence-corrected chi connectivity index (χ2v) is 6.07. The molecule has 1 aliphatic heterocycles. The van der Waals surface area contributed by atoms with Crippen molar-refractivity contribution in [1.29, 1.82) is 0 Å². The number of aliphatic imine (C=N–C) groups is 2. The number of hydrogen-bond donors (Lipinski definition) is 1. The number of amides is 1. The lowest BCUT2D eigenvalue weighted by atomic mass is 10.1. The van der Waals surface area contributed by atoms with Crippen LogP contribution in [0.3, 0.4) is 0 Å². The third-order valence-electron chi connectivity index (χ3n) is 4.00. The van der Waals surface area contributed by atoms with Gasteiger partial charge in [-0.15, -0.1) is 0 Å². The number of nitrogens with one attached hydrogen (secondary N) is 1. The fourth-order valence-corrected chi connectivity index (χ4v) is 2.50. The lowest BCUT2D eigenvalue weighted by Crippen LogP contribution is -2.33. The lowest BCUT2D eigenvalue weighted by molar-refractivity contribution is 0.0972. The van der Waals surface area contributed by atoms with Gasteiger partial charge >= 0.3 is 0 Å². The van der Waals surface area contributed by atoms with Crippen molar-refractivity contribution in [3.05, 3.63) is 84.1 Å². The van der Waals surface area contributed by atoms with E-state index in [1.165, 1.54) is 12.1 Å². The van der Waals surface area contributed by atoms with E-state index in [2.05, 4.69) is 20.3 Å². The number of aromatic nitrogens is 1. The smallest absolute Gasteiger partial charge is 0.275 e. The molecule has 136 valence electrons. The van der Waals surface area contributed by atoms with Gasteiger partial charge in [-0.05, 0) is 61.4 Å². The number of allylic oxidation sites excluding steroid dienone is 1. The Labute approximate surface area is 157 Å². The van der Waals surface area contributed by atoms with Gasteiger partial charge < -0.3 is 5.32 Å². The molecule has 0 aliphatic carbocycles. The van der Waals surface area contributed by atoms with E-state index in [0.29, 0.717) is 11.5 Å². The van der Waals surface area contributed by atoms with Crippen molar-refractivity contribution >= 4 is 23.0 Å². The van der Waals surface area contributed by atoms with Gasteiger partial charge in [0.1, 0.15) is 17.3 Å². The van der Waals surface area contributed by atoms with Crippen molar-refractivity contribution in [3.8, 4) is 0 Å². The summed E-state index contributed by atoms with van der Waals surface area (Å²) in [6, 6.07) is 11.3. The van der Waals surface area contributed by atoms with Crippen LogP contribution in [0.2, 0.25) is 0 Å². The van der Waals surface area contributed by atoms with Gasteiger partial charge in [-0.25, -0.2) is 4.39 Å². The topological polar surface area (TPSA) is 66.7 Å². The molecule has 2 aromatic rings. The Hall–Kier alpha value is -3.41. The number of dihydropyridines is 1. The predicted octanol–water partition coefficient (Wildman–Crippen LogP) is 3.81. The summed E-state index contributed by atoms with van der Waals surface area (Å²) in [4.78, 5) is 25.1. The molecule has 0 saturated carbocycles. The Kier molecular flexibility index (Phi) is 5.66. The third kappa shape index (κ3) is 4.82. The highest BCUT2D eigenvalue weighted by Gasteiger charge is 2.15. The average molecular weight is 362 g/mol. The molecule has 3 rings (SSSR count). The molecule has 0 radical (unpaired) electrons. The van der Waals surface area contributed by atoms with Crippen LogP contribution in [-0.4, -0.2) is 28.5 Å². The van der Waals surface area contributed by atoms with Gasteiger partial charge in [0.05, 0.1) is 11.8 Å². The van der Waals surface area contributed by atoms with Crippen molar-refractivity contribution in [2.75, 3.05) is 0 Å². The van der Waals surface area contributed by atoms with Gasteiger partial charge in [0.2, 0.25) is 0 Å². The second-order valence-electron chi connectivity index (χ2n) is 6.07. The summed E-state index contributed by atoms with van der Waals surface area (Å²) in [7, 11) is 0. The van der Waals surface area contributed by atoms with Crippen molar-refractivity contribution in [2.24, 2.45) is 9.98 Å². The van der Waals surface area contributed by atoms with Crippen LogP contribution in [0.5, 0.6) is 0 Å². The third-order valence-corrected chi connectivity index (χ3v) is 4.00. The van der Waals surface area contributed by atoms with E-state index in [9.17, 15) is 9.18 Å². The molecule has 6 heteroatoms. The summed E-state index contributed by atoms with van der Waals surface area (Å²) in [5.74, 6) is -0.131. The minimum absolute atomic E-state index is 0.217. The van der Waals surface area contributed by atoms with Crippen molar-refractivity contribution in [1.82, 2.24) is 10.3 Å². The normalized spacial score (nSPS) is 18.3. The second kappa shape index (κ2) is 8.31. The van der Waals surface area contributed by atoms with Crippen LogP contribution in [0.15, 0.2) is 77.0 Å². The summed E-state index contributed by atoms with van der Waals surface area (Å²) in [5.41, 5.74) is 2.70. The fraction of sp³-hybridized carbons (Fsp3) is 0.143. The van der Waals surface area contributed by atoms with Crippen LogP contribution >= 0.6 is 0 Å². The molecular weight excluding hydrogens is 343 g/mol. The number of halogens is 1. The first kappa shape index (κ1) is 18.4. The van der Waals surface area contributed by atoms with Crippen LogP contribution < -0.4 is 5.32 Å². The minimum atomic E-state index is -0.312. The van der Waals surface area contributed by atoms with Crippen LogP contribution in [0.4, 0.5) is 4.39 Å². The number of pyridine rings is 1. The first-order valence-electron chi connectivity index (χ1n) is 8.51. The molecule has 1 amide bonds. The zero-order valence-corrected chi connectivity index (χ0v) is 15.1. The average Bonchev–Trinajstić information content (AvgIpc) is 2.68. The molecule has 27 heavy (non-hydrogen) atoms. The van der Waals surface area contributed by atoms with Gasteiger partial charge in [-0.2, -0.15) is 0 Å². The maximum Gasteiger partial charge on any atom is 0.275 e. The van der Waals surface area contributed by atoms with E-state index in [-0.39, 0.29) is 17.8 Å². The molecule has 1 aliphatic rings. The fourth-order valence-electron chi connectivity index (χ4n) is 2.50. The number of hydrogen-bond acceptors (Lipinski definition) is 4. The number of carbonyl (C=O) groups is 1. The van der Waals surface area contributed by atoms with Crippen LogP contribution in [-0.2, 0) is 0 Å². The molecule has 0 fully saturated rings. The highest BCUT2D eigenvalue weighted by Crippen LogP contribution is 2.15. The maximum atomic E-state index is 13.3. The number of amidine groups is 1. The van der Waals surface area contributed by atoms with Crippen LogP contribution in [0.25, 0.3) is 5.57 Å². The summed E-state index contributed by atoms with van der Waals surface area (Å²) in [5, 5.41) is 2.73. The monoisotopic (exact) mass is 362 g/mol. The van der Waals surface area contributed by atoms with Gasteiger partial charge in [-0.1, -0.05) is 18.2 Å². The van der Waals surface area contributed by atoms with E-state index in [1.807, 2.05) is 19.9 Å². The minimum Gasteiger partial charge on any atom is -0.306 e. The standard InChI is InChI=1S/C21H19FN4O/c1-14(16-6-5-7-17(22)12-16)13-24-18-9-10-20(25-15(18)2)26-21(27)19-8-3-4-11-23-19/h3-13,15H,1-2H3,(H,25,26,27)/b14-13+,24-18?/t15-/m1/s1. The van der Waals surface area contributed by atoms with E-state index >= 15 is 0 Å². The number of nitrogens with zero attached hydrogens (tertiary/aromatic N) is 3. The van der Waals surface area contributed by atoms with Crippen LogP contribution in [0, 0.1) is 5.82 Å². The van der Waals surface area contributed by atoms with Gasteiger partial charge in [0.15, 0.2) is 0 Å². The number of benzene rings is 1. The molecule has 0 bridgehead atoms. The first-order valence-corrected chi connectivity index (χ1v) is 8.51. The van der Waals surface area contributed by atoms with E-state index in [0.717, 1.165) is 16.8 Å². The summed E-state index contributed by atoms with van der Waals surface area (Å²) in [6.07, 6.45) is 6.76. The Morgan fingerprint density at radius 3 is 2.78 bits per heavy atom. The summed E-state index contributed by atoms with van der Waals surface area (Å²) in [6.45, 7) is 3.76. The Balaban J connectivity index is 1.69. The summed E-state index contributed by atoms with van der Waals surface area (Å²) >= 11 is 0. The highest BCUT2D eigenvalue weighted by atomic mass is 19.1.